The van der Waals surface area contributed by atoms with Crippen LogP contribution in [0, 0.1) is 0 Å². The molecule has 3 nitrogen and oxygen atoms in total. The van der Waals surface area contributed by atoms with Crippen molar-refractivity contribution >= 4 is 22.9 Å². The Morgan fingerprint density at radius 3 is 2.81 bits per heavy atom. The number of oxazole rings is 1. The molecular weight excluding hydrogens is 220 g/mol. The SMILES string of the molecule is CC(N)CC(C)Sc1nc2ccccc2o1. The molecule has 0 saturated heterocycles. The fraction of sp³-hybridized carbons (Fsp3) is 0.417. The number of hydrogen-bond donors (Lipinski definition) is 1. The van der Waals surface area contributed by atoms with Gasteiger partial charge in [0.15, 0.2) is 5.58 Å². The summed E-state index contributed by atoms with van der Waals surface area (Å²) in [6, 6.07) is 8.02. The lowest BCUT2D eigenvalue weighted by Gasteiger charge is -2.10. The molecule has 2 rings (SSSR count). The molecule has 4 heteroatoms. The van der Waals surface area contributed by atoms with Crippen LogP contribution in [0.4, 0.5) is 0 Å². The molecule has 0 aliphatic heterocycles. The van der Waals surface area contributed by atoms with Crippen LogP contribution in [0.1, 0.15) is 20.3 Å². The van der Waals surface area contributed by atoms with Gasteiger partial charge in [-0.3, -0.25) is 0 Å². The molecule has 2 atom stereocenters. The molecule has 0 fully saturated rings. The van der Waals surface area contributed by atoms with E-state index >= 15 is 0 Å². The molecule has 0 saturated carbocycles. The molecule has 0 bridgehead atoms. The summed E-state index contributed by atoms with van der Waals surface area (Å²) in [7, 11) is 0. The maximum Gasteiger partial charge on any atom is 0.256 e. The highest BCUT2D eigenvalue weighted by Crippen LogP contribution is 2.28. The molecule has 0 aliphatic carbocycles. The third-order valence-electron chi connectivity index (χ3n) is 2.28. The van der Waals surface area contributed by atoms with Crippen LogP contribution in [-0.2, 0) is 0 Å². The molecule has 2 aromatic rings. The highest BCUT2D eigenvalue weighted by Gasteiger charge is 2.12. The molecule has 86 valence electrons. The van der Waals surface area contributed by atoms with Gasteiger partial charge in [0.2, 0.25) is 0 Å². The van der Waals surface area contributed by atoms with Crippen molar-refractivity contribution in [2.75, 3.05) is 0 Å². The van der Waals surface area contributed by atoms with E-state index in [0.717, 1.165) is 22.7 Å². The summed E-state index contributed by atoms with van der Waals surface area (Å²) >= 11 is 1.64. The van der Waals surface area contributed by atoms with Gasteiger partial charge in [0, 0.05) is 11.3 Å². The standard InChI is InChI=1S/C12H16N2OS/c1-8(13)7-9(2)16-12-14-10-5-3-4-6-11(10)15-12/h3-6,8-9H,7,13H2,1-2H3. The van der Waals surface area contributed by atoms with Gasteiger partial charge in [-0.1, -0.05) is 30.8 Å². The lowest BCUT2D eigenvalue weighted by molar-refractivity contribution is 0.487. The van der Waals surface area contributed by atoms with Crippen LogP contribution < -0.4 is 5.73 Å². The molecule has 2 unspecified atom stereocenters. The first kappa shape index (κ1) is 11.5. The van der Waals surface area contributed by atoms with E-state index in [1.165, 1.54) is 0 Å². The normalized spacial score (nSPS) is 15.2. The highest BCUT2D eigenvalue weighted by atomic mass is 32.2. The summed E-state index contributed by atoms with van der Waals surface area (Å²) in [5, 5.41) is 1.16. The Bertz CT molecular complexity index is 434. The van der Waals surface area contributed by atoms with Crippen molar-refractivity contribution in [3.63, 3.8) is 0 Å². The van der Waals surface area contributed by atoms with Gasteiger partial charge in [0.1, 0.15) is 5.52 Å². The summed E-state index contributed by atoms with van der Waals surface area (Å²) in [5.41, 5.74) is 7.52. The summed E-state index contributed by atoms with van der Waals surface area (Å²) in [4.78, 5) is 4.42. The van der Waals surface area contributed by atoms with Crippen molar-refractivity contribution in [2.45, 2.75) is 36.8 Å². The third-order valence-corrected chi connectivity index (χ3v) is 3.25. The summed E-state index contributed by atoms with van der Waals surface area (Å²) < 4.78 is 5.63. The van der Waals surface area contributed by atoms with Crippen LogP contribution in [-0.4, -0.2) is 16.3 Å². The molecule has 0 aliphatic rings. The minimum absolute atomic E-state index is 0.215. The van der Waals surface area contributed by atoms with Crippen molar-refractivity contribution in [3.05, 3.63) is 24.3 Å². The van der Waals surface area contributed by atoms with Gasteiger partial charge in [0.25, 0.3) is 5.22 Å². The summed E-state index contributed by atoms with van der Waals surface area (Å²) in [6.07, 6.45) is 0.962. The number of benzene rings is 1. The van der Waals surface area contributed by atoms with Gasteiger partial charge >= 0.3 is 0 Å². The Hall–Kier alpha value is -1.00. The van der Waals surface area contributed by atoms with E-state index in [2.05, 4.69) is 11.9 Å². The van der Waals surface area contributed by atoms with Crippen LogP contribution in [0.2, 0.25) is 0 Å². The molecule has 1 heterocycles. The van der Waals surface area contributed by atoms with Crippen molar-refractivity contribution < 1.29 is 4.42 Å². The first-order valence-corrected chi connectivity index (χ1v) is 6.31. The van der Waals surface area contributed by atoms with E-state index in [1.54, 1.807) is 11.8 Å². The minimum atomic E-state index is 0.215. The number of aromatic nitrogens is 1. The Morgan fingerprint density at radius 1 is 1.38 bits per heavy atom. The van der Waals surface area contributed by atoms with Crippen molar-refractivity contribution in [1.82, 2.24) is 4.98 Å². The van der Waals surface area contributed by atoms with Crippen molar-refractivity contribution in [3.8, 4) is 0 Å². The van der Waals surface area contributed by atoms with Gasteiger partial charge in [0.05, 0.1) is 0 Å². The zero-order valence-corrected chi connectivity index (χ0v) is 10.3. The van der Waals surface area contributed by atoms with Crippen molar-refractivity contribution in [2.24, 2.45) is 5.73 Å². The summed E-state index contributed by atoms with van der Waals surface area (Å²) in [6.45, 7) is 4.16. The van der Waals surface area contributed by atoms with E-state index in [9.17, 15) is 0 Å². The minimum Gasteiger partial charge on any atom is -0.431 e. The number of rotatable bonds is 4. The highest BCUT2D eigenvalue weighted by molar-refractivity contribution is 7.99. The fourth-order valence-corrected chi connectivity index (χ4v) is 2.68. The maximum atomic E-state index is 5.76. The van der Waals surface area contributed by atoms with Gasteiger partial charge in [-0.2, -0.15) is 0 Å². The predicted molar refractivity (Wildman–Crippen MR) is 67.6 cm³/mol. The molecule has 0 spiro atoms. The maximum absolute atomic E-state index is 5.76. The molecule has 0 amide bonds. The second-order valence-corrected chi connectivity index (χ2v) is 5.48. The lowest BCUT2D eigenvalue weighted by atomic mass is 10.2. The van der Waals surface area contributed by atoms with Crippen LogP contribution >= 0.6 is 11.8 Å². The number of thioether (sulfide) groups is 1. The van der Waals surface area contributed by atoms with Crippen LogP contribution in [0.3, 0.4) is 0 Å². The summed E-state index contributed by atoms with van der Waals surface area (Å²) in [5.74, 6) is 0. The Labute approximate surface area is 99.4 Å². The second kappa shape index (κ2) is 4.89. The zero-order valence-electron chi connectivity index (χ0n) is 9.51. The fourth-order valence-electron chi connectivity index (χ4n) is 1.65. The average Bonchev–Trinajstić information content (AvgIpc) is 2.57. The van der Waals surface area contributed by atoms with E-state index in [4.69, 9.17) is 10.2 Å². The molecule has 1 aromatic carbocycles. The molecule has 0 radical (unpaired) electrons. The van der Waals surface area contributed by atoms with Crippen molar-refractivity contribution in [1.29, 1.82) is 0 Å². The zero-order chi connectivity index (χ0) is 11.5. The Morgan fingerprint density at radius 2 is 2.12 bits per heavy atom. The van der Waals surface area contributed by atoms with E-state index in [-0.39, 0.29) is 6.04 Å². The van der Waals surface area contributed by atoms with Gasteiger partial charge in [-0.05, 0) is 25.5 Å². The monoisotopic (exact) mass is 236 g/mol. The van der Waals surface area contributed by atoms with E-state index in [0.29, 0.717) is 5.25 Å². The predicted octanol–water partition coefficient (Wildman–Crippen LogP) is 3.05. The quantitative estimate of drug-likeness (QED) is 0.829. The molecule has 16 heavy (non-hydrogen) atoms. The van der Waals surface area contributed by atoms with E-state index in [1.807, 2.05) is 31.2 Å². The van der Waals surface area contributed by atoms with Crippen LogP contribution in [0.25, 0.3) is 11.1 Å². The lowest BCUT2D eigenvalue weighted by Crippen LogP contribution is -2.19. The number of nitrogens with two attached hydrogens (primary N) is 1. The molecule has 2 N–H and O–H groups in total. The molecule has 1 aromatic heterocycles. The van der Waals surface area contributed by atoms with E-state index < -0.39 is 0 Å². The first-order valence-electron chi connectivity index (χ1n) is 5.43. The topological polar surface area (TPSA) is 52.0 Å². The van der Waals surface area contributed by atoms with Gasteiger partial charge in [-0.25, -0.2) is 4.98 Å². The largest absolute Gasteiger partial charge is 0.431 e. The van der Waals surface area contributed by atoms with Crippen LogP contribution in [0.15, 0.2) is 33.9 Å². The number of hydrogen-bond acceptors (Lipinski definition) is 4. The number of fused-ring (bicyclic) bond motifs is 1. The number of nitrogens with zero attached hydrogens (tertiary/aromatic N) is 1. The first-order chi connectivity index (χ1) is 7.65. The second-order valence-electron chi connectivity index (χ2n) is 4.09. The smallest absolute Gasteiger partial charge is 0.256 e. The Kier molecular flexibility index (Phi) is 3.51. The van der Waals surface area contributed by atoms with Gasteiger partial charge in [-0.15, -0.1) is 0 Å². The van der Waals surface area contributed by atoms with Crippen LogP contribution in [0.5, 0.6) is 0 Å². The number of para-hydroxylation sites is 2. The van der Waals surface area contributed by atoms with Gasteiger partial charge < -0.3 is 10.2 Å². The average molecular weight is 236 g/mol. The third kappa shape index (κ3) is 2.77. The Balaban J connectivity index is 2.09. The molecular formula is C12H16N2OS.